The van der Waals surface area contributed by atoms with Crippen LogP contribution in [0.15, 0.2) is 85.3 Å². The number of carbonyl (C=O) groups is 1. The maximum absolute atomic E-state index is 12.8. The average molecular weight is 467 g/mol. The number of nitrogens with zero attached hydrogens (tertiary/aromatic N) is 3. The standard InChI is InChI=1S/C24H23ClN4O2S/c25-21-10-8-19(9-11-21)12-13-26-23(30)18-32(31)17-20-16-27-29(22-6-2-1-3-7-22)24(20)28-14-4-5-15-28/h1-11,14-16H,12-13,17-18H2,(H,26,30)/t32-/m1/s1. The van der Waals surface area contributed by atoms with Gasteiger partial charge < -0.3 is 9.88 Å². The van der Waals surface area contributed by atoms with Crippen molar-refractivity contribution < 1.29 is 9.00 Å². The van der Waals surface area contributed by atoms with Crippen molar-refractivity contribution >= 4 is 28.3 Å². The predicted octanol–water partition coefficient (Wildman–Crippen LogP) is 3.92. The Bertz CT molecular complexity index is 1190. The molecule has 164 valence electrons. The molecule has 0 unspecified atom stereocenters. The van der Waals surface area contributed by atoms with Gasteiger partial charge in [0.15, 0.2) is 0 Å². The number of hydrogen-bond donors (Lipinski definition) is 1. The number of aromatic nitrogens is 3. The van der Waals surface area contributed by atoms with Crippen molar-refractivity contribution in [3.05, 3.63) is 101 Å². The molecule has 4 rings (SSSR count). The first-order valence-electron chi connectivity index (χ1n) is 10.2. The summed E-state index contributed by atoms with van der Waals surface area (Å²) in [5, 5.41) is 8.04. The van der Waals surface area contributed by atoms with Gasteiger partial charge in [-0.1, -0.05) is 41.9 Å². The highest BCUT2D eigenvalue weighted by molar-refractivity contribution is 7.84. The van der Waals surface area contributed by atoms with Crippen LogP contribution in [-0.2, 0) is 27.8 Å². The molecular formula is C24H23ClN4O2S. The summed E-state index contributed by atoms with van der Waals surface area (Å²) < 4.78 is 16.5. The topological polar surface area (TPSA) is 68.9 Å². The molecule has 1 N–H and O–H groups in total. The van der Waals surface area contributed by atoms with E-state index in [9.17, 15) is 9.00 Å². The Morgan fingerprint density at radius 1 is 1.00 bits per heavy atom. The third-order valence-electron chi connectivity index (χ3n) is 4.92. The van der Waals surface area contributed by atoms with Gasteiger partial charge in [0, 0.05) is 40.3 Å². The SMILES string of the molecule is O=C(C[S@](=O)Cc1cnn(-c2ccccc2)c1-n1cccc1)NCCc1ccc(Cl)cc1. The lowest BCUT2D eigenvalue weighted by Crippen LogP contribution is -2.30. The Morgan fingerprint density at radius 2 is 1.72 bits per heavy atom. The first-order valence-corrected chi connectivity index (χ1v) is 12.1. The van der Waals surface area contributed by atoms with Gasteiger partial charge in [-0.2, -0.15) is 5.10 Å². The molecule has 8 heteroatoms. The second-order valence-electron chi connectivity index (χ2n) is 7.29. The number of amides is 1. The highest BCUT2D eigenvalue weighted by atomic mass is 35.5. The van der Waals surface area contributed by atoms with E-state index in [1.54, 1.807) is 6.20 Å². The van der Waals surface area contributed by atoms with Crippen LogP contribution in [0.2, 0.25) is 5.02 Å². The van der Waals surface area contributed by atoms with E-state index in [2.05, 4.69) is 10.4 Å². The molecule has 0 aliphatic heterocycles. The van der Waals surface area contributed by atoms with E-state index in [-0.39, 0.29) is 17.4 Å². The van der Waals surface area contributed by atoms with E-state index >= 15 is 0 Å². The second-order valence-corrected chi connectivity index (χ2v) is 9.18. The van der Waals surface area contributed by atoms with Gasteiger partial charge in [0.1, 0.15) is 11.6 Å². The van der Waals surface area contributed by atoms with Crippen molar-refractivity contribution in [1.82, 2.24) is 19.7 Å². The van der Waals surface area contributed by atoms with E-state index in [0.29, 0.717) is 18.0 Å². The third kappa shape index (κ3) is 5.55. The van der Waals surface area contributed by atoms with Crippen molar-refractivity contribution in [3.63, 3.8) is 0 Å². The average Bonchev–Trinajstić information content (AvgIpc) is 3.45. The molecular weight excluding hydrogens is 444 g/mol. The van der Waals surface area contributed by atoms with Gasteiger partial charge in [-0.25, -0.2) is 4.68 Å². The Balaban J connectivity index is 1.39. The lowest BCUT2D eigenvalue weighted by Gasteiger charge is -2.11. The first-order chi connectivity index (χ1) is 15.6. The van der Waals surface area contributed by atoms with Gasteiger partial charge in [-0.3, -0.25) is 9.00 Å². The summed E-state index contributed by atoms with van der Waals surface area (Å²) >= 11 is 5.89. The molecule has 0 radical (unpaired) electrons. The number of nitrogens with one attached hydrogen (secondary N) is 1. The molecule has 0 bridgehead atoms. The Labute approximate surface area is 194 Å². The van der Waals surface area contributed by atoms with Crippen molar-refractivity contribution in [2.45, 2.75) is 12.2 Å². The van der Waals surface area contributed by atoms with Crippen LogP contribution in [0.4, 0.5) is 0 Å². The molecule has 2 aromatic carbocycles. The lowest BCUT2D eigenvalue weighted by atomic mass is 10.1. The summed E-state index contributed by atoms with van der Waals surface area (Å²) in [6.45, 7) is 0.484. The van der Waals surface area contributed by atoms with Crippen LogP contribution in [0.3, 0.4) is 0 Å². The van der Waals surface area contributed by atoms with E-state index in [4.69, 9.17) is 11.6 Å². The van der Waals surface area contributed by atoms with Gasteiger partial charge >= 0.3 is 0 Å². The molecule has 0 aliphatic rings. The third-order valence-corrected chi connectivity index (χ3v) is 6.39. The van der Waals surface area contributed by atoms with Gasteiger partial charge in [-0.05, 0) is 48.4 Å². The van der Waals surface area contributed by atoms with E-state index in [1.807, 2.05) is 88.4 Å². The van der Waals surface area contributed by atoms with Crippen LogP contribution >= 0.6 is 11.6 Å². The number of carbonyl (C=O) groups excluding carboxylic acids is 1. The van der Waals surface area contributed by atoms with Crippen molar-refractivity contribution in [2.75, 3.05) is 12.3 Å². The molecule has 0 fully saturated rings. The Morgan fingerprint density at radius 3 is 2.44 bits per heavy atom. The fraction of sp³-hybridized carbons (Fsp3) is 0.167. The highest BCUT2D eigenvalue weighted by Gasteiger charge is 2.17. The van der Waals surface area contributed by atoms with Gasteiger partial charge in [0.25, 0.3) is 0 Å². The summed E-state index contributed by atoms with van der Waals surface area (Å²) in [6.07, 6.45) is 6.26. The monoisotopic (exact) mass is 466 g/mol. The maximum Gasteiger partial charge on any atom is 0.232 e. The summed E-state index contributed by atoms with van der Waals surface area (Å²) in [5.41, 5.74) is 2.81. The minimum Gasteiger partial charge on any atom is -0.355 e. The van der Waals surface area contributed by atoms with Crippen LogP contribution < -0.4 is 5.32 Å². The Hall–Kier alpha value is -3.16. The summed E-state index contributed by atoms with van der Waals surface area (Å²) in [6, 6.07) is 21.1. The minimum absolute atomic E-state index is 0.0533. The van der Waals surface area contributed by atoms with Crippen LogP contribution in [0, 0.1) is 0 Å². The maximum atomic E-state index is 12.8. The second kappa shape index (κ2) is 10.4. The molecule has 0 aliphatic carbocycles. The van der Waals surface area contributed by atoms with Crippen LogP contribution in [0.25, 0.3) is 11.5 Å². The molecule has 2 aromatic heterocycles. The first kappa shape index (κ1) is 22.0. The number of rotatable bonds is 9. The van der Waals surface area contributed by atoms with Crippen molar-refractivity contribution in [1.29, 1.82) is 0 Å². The molecule has 4 aromatic rings. The summed E-state index contributed by atoms with van der Waals surface area (Å²) in [5.74, 6) is 0.778. The molecule has 0 saturated heterocycles. The normalized spacial score (nSPS) is 11.9. The molecule has 6 nitrogen and oxygen atoms in total. The zero-order valence-corrected chi connectivity index (χ0v) is 18.9. The van der Waals surface area contributed by atoms with Crippen molar-refractivity contribution in [3.8, 4) is 11.5 Å². The van der Waals surface area contributed by atoms with Gasteiger partial charge in [0.2, 0.25) is 5.91 Å². The molecule has 1 atom stereocenters. The zero-order chi connectivity index (χ0) is 22.3. The van der Waals surface area contributed by atoms with Gasteiger partial charge in [-0.15, -0.1) is 0 Å². The largest absolute Gasteiger partial charge is 0.355 e. The number of benzene rings is 2. The van der Waals surface area contributed by atoms with Gasteiger partial charge in [0.05, 0.1) is 17.6 Å². The van der Waals surface area contributed by atoms with Crippen LogP contribution in [-0.4, -0.2) is 36.8 Å². The number of hydrogen-bond acceptors (Lipinski definition) is 3. The number of halogens is 1. The smallest absolute Gasteiger partial charge is 0.232 e. The number of para-hydroxylation sites is 1. The quantitative estimate of drug-likeness (QED) is 0.406. The lowest BCUT2D eigenvalue weighted by molar-refractivity contribution is -0.118. The minimum atomic E-state index is -1.36. The van der Waals surface area contributed by atoms with Crippen molar-refractivity contribution in [2.24, 2.45) is 0 Å². The van der Waals surface area contributed by atoms with E-state index in [1.165, 1.54) is 0 Å². The summed E-state index contributed by atoms with van der Waals surface area (Å²) in [4.78, 5) is 12.3. The molecule has 1 amide bonds. The highest BCUT2D eigenvalue weighted by Crippen LogP contribution is 2.21. The zero-order valence-electron chi connectivity index (χ0n) is 17.4. The molecule has 0 spiro atoms. The molecule has 2 heterocycles. The molecule has 32 heavy (non-hydrogen) atoms. The summed E-state index contributed by atoms with van der Waals surface area (Å²) in [7, 11) is -1.36. The van der Waals surface area contributed by atoms with Crippen LogP contribution in [0.1, 0.15) is 11.1 Å². The van der Waals surface area contributed by atoms with E-state index < -0.39 is 10.8 Å². The van der Waals surface area contributed by atoms with E-state index in [0.717, 1.165) is 22.6 Å². The molecule has 0 saturated carbocycles. The predicted molar refractivity (Wildman–Crippen MR) is 128 cm³/mol. The fourth-order valence-electron chi connectivity index (χ4n) is 3.41. The van der Waals surface area contributed by atoms with Crippen LogP contribution in [0.5, 0.6) is 0 Å². The Kier molecular flexibility index (Phi) is 7.19. The fourth-order valence-corrected chi connectivity index (χ4v) is 4.58.